The zero-order valence-electron chi connectivity index (χ0n) is 10.5. The van der Waals surface area contributed by atoms with Crippen molar-refractivity contribution in [3.63, 3.8) is 0 Å². The first-order chi connectivity index (χ1) is 10.3. The lowest BCUT2D eigenvalue weighted by molar-refractivity contribution is -0.137. The van der Waals surface area contributed by atoms with Crippen LogP contribution in [0.25, 0.3) is 0 Å². The molecule has 108 valence electrons. The smallest absolute Gasteiger partial charge is 0.343 e. The van der Waals surface area contributed by atoms with Crippen LogP contribution in [0.3, 0.4) is 0 Å². The van der Waals surface area contributed by atoms with Crippen LogP contribution in [-0.4, -0.2) is 0 Å². The van der Waals surface area contributed by atoms with Crippen LogP contribution in [0.2, 0.25) is 0 Å². The normalized spacial score (nSPS) is 9.64. The van der Waals surface area contributed by atoms with Crippen molar-refractivity contribution in [2.75, 3.05) is 5.32 Å². The quantitative estimate of drug-likeness (QED) is 0.667. The highest BCUT2D eigenvalue weighted by molar-refractivity contribution is 5.69. The molecule has 0 spiro atoms. The number of nitrogens with one attached hydrogen (secondary N) is 1. The van der Waals surface area contributed by atoms with E-state index in [2.05, 4.69) is 0 Å². The minimum Gasteiger partial charge on any atom is -0.343 e. The Hall–Kier alpha value is -3.56. The first-order valence-corrected chi connectivity index (χ1v) is 5.31. The number of anilines is 1. The Labute approximate surface area is 121 Å². The summed E-state index contributed by atoms with van der Waals surface area (Å²) in [5, 5.41) is 36.7. The fourth-order valence-corrected chi connectivity index (χ4v) is 1.46. The summed E-state index contributed by atoms with van der Waals surface area (Å²) in [5.74, 6) is -1.24. The van der Waals surface area contributed by atoms with E-state index in [1.165, 1.54) is 24.3 Å². The van der Waals surface area contributed by atoms with Crippen molar-refractivity contribution in [1.82, 2.24) is 0 Å². The Balaban J connectivity index is 3.68. The second-order valence-corrected chi connectivity index (χ2v) is 3.66. The minimum absolute atomic E-state index is 0.381. The summed E-state index contributed by atoms with van der Waals surface area (Å²) in [6.07, 6.45) is -4.94. The van der Waals surface area contributed by atoms with Gasteiger partial charge in [-0.1, -0.05) is 0 Å². The fraction of sp³-hybridized carbons (Fsp3) is 0.0769. The lowest BCUT2D eigenvalue weighted by atomic mass is 10.1. The van der Waals surface area contributed by atoms with Gasteiger partial charge >= 0.3 is 6.18 Å². The predicted molar refractivity (Wildman–Crippen MR) is 63.6 cm³/mol. The first kappa shape index (κ1) is 16.5. The van der Waals surface area contributed by atoms with Gasteiger partial charge in [0.05, 0.1) is 11.3 Å². The summed E-state index contributed by atoms with van der Waals surface area (Å²) in [4.78, 5) is 0. The van der Waals surface area contributed by atoms with Gasteiger partial charge in [-0.05, 0) is 12.1 Å². The van der Waals surface area contributed by atoms with Crippen molar-refractivity contribution in [2.24, 2.45) is 0 Å². The second-order valence-electron chi connectivity index (χ2n) is 3.66. The van der Waals surface area contributed by atoms with E-state index >= 15 is 0 Å². The molecule has 0 unspecified atom stereocenters. The second kappa shape index (κ2) is 6.26. The van der Waals surface area contributed by atoms with Crippen LogP contribution < -0.4 is 5.32 Å². The molecule has 0 radical (unpaired) electrons. The molecule has 1 rings (SSSR count). The number of nitriles is 4. The van der Waals surface area contributed by atoms with Crippen LogP contribution >= 0.6 is 0 Å². The highest BCUT2D eigenvalue weighted by Crippen LogP contribution is 2.38. The molecule has 0 saturated heterocycles. The van der Waals surface area contributed by atoms with Gasteiger partial charge in [-0.2, -0.15) is 34.2 Å². The molecule has 0 atom stereocenters. The molecular weight excluding hydrogens is 302 g/mol. The molecule has 1 N–H and O–H groups in total. The van der Waals surface area contributed by atoms with E-state index < -0.39 is 40.1 Å². The molecule has 22 heavy (non-hydrogen) atoms. The zero-order valence-corrected chi connectivity index (χ0v) is 10.5. The van der Waals surface area contributed by atoms with Crippen LogP contribution in [0.15, 0.2) is 23.4 Å². The van der Waals surface area contributed by atoms with Crippen molar-refractivity contribution in [3.8, 4) is 24.3 Å². The molecular formula is C13H3F4N5. The molecule has 0 saturated carbocycles. The van der Waals surface area contributed by atoms with E-state index in [0.29, 0.717) is 12.1 Å². The molecule has 0 aromatic heterocycles. The highest BCUT2D eigenvalue weighted by Gasteiger charge is 2.36. The van der Waals surface area contributed by atoms with E-state index in [1.807, 2.05) is 5.32 Å². The van der Waals surface area contributed by atoms with Gasteiger partial charge in [0.25, 0.3) is 0 Å². The third-order valence-electron chi connectivity index (χ3n) is 2.41. The molecule has 5 nitrogen and oxygen atoms in total. The van der Waals surface area contributed by atoms with Gasteiger partial charge in [0.1, 0.15) is 41.4 Å². The number of rotatable bonds is 2. The summed E-state index contributed by atoms with van der Waals surface area (Å²) in [6.45, 7) is 0. The lowest BCUT2D eigenvalue weighted by Crippen LogP contribution is -2.13. The molecule has 0 aliphatic rings. The van der Waals surface area contributed by atoms with Gasteiger partial charge in [-0.3, -0.25) is 0 Å². The van der Waals surface area contributed by atoms with Crippen molar-refractivity contribution < 1.29 is 17.6 Å². The van der Waals surface area contributed by atoms with Crippen molar-refractivity contribution in [2.45, 2.75) is 6.18 Å². The molecule has 0 amide bonds. The summed E-state index contributed by atoms with van der Waals surface area (Å²) >= 11 is 0. The number of nitrogens with zero attached hydrogens (tertiary/aromatic N) is 4. The van der Waals surface area contributed by atoms with Crippen molar-refractivity contribution in [3.05, 3.63) is 40.3 Å². The Kier molecular flexibility index (Phi) is 4.69. The van der Waals surface area contributed by atoms with Crippen molar-refractivity contribution in [1.29, 1.82) is 21.0 Å². The Morgan fingerprint density at radius 3 is 2.00 bits per heavy atom. The average Bonchev–Trinajstić information content (AvgIpc) is 2.46. The van der Waals surface area contributed by atoms with E-state index in [9.17, 15) is 17.6 Å². The van der Waals surface area contributed by atoms with Crippen LogP contribution in [0.5, 0.6) is 0 Å². The van der Waals surface area contributed by atoms with Gasteiger partial charge in [0.2, 0.25) is 0 Å². The van der Waals surface area contributed by atoms with E-state index in [0.717, 1.165) is 0 Å². The summed E-state index contributed by atoms with van der Waals surface area (Å²) in [6, 6.07) is 6.03. The Morgan fingerprint density at radius 2 is 1.59 bits per heavy atom. The summed E-state index contributed by atoms with van der Waals surface area (Å²) in [7, 11) is 0. The van der Waals surface area contributed by atoms with Crippen LogP contribution in [0, 0.1) is 51.1 Å². The third-order valence-corrected chi connectivity index (χ3v) is 2.41. The highest BCUT2D eigenvalue weighted by atomic mass is 19.4. The van der Waals surface area contributed by atoms with Gasteiger partial charge in [-0.25, -0.2) is 4.39 Å². The fourth-order valence-electron chi connectivity index (χ4n) is 1.46. The summed E-state index contributed by atoms with van der Waals surface area (Å²) < 4.78 is 52.2. The van der Waals surface area contributed by atoms with E-state index in [4.69, 9.17) is 21.0 Å². The number of hydrogen-bond acceptors (Lipinski definition) is 5. The first-order valence-electron chi connectivity index (χ1n) is 5.31. The molecule has 9 heteroatoms. The lowest BCUT2D eigenvalue weighted by Gasteiger charge is -2.15. The molecule has 0 bridgehead atoms. The standard InChI is InChI=1S/C13H3F4N5/c14-10-2-1-9(13(15,16)17)12(8(10)5-20)22-11(6-21)7(3-18)4-19/h1-2,22H. The number of halogens is 4. The molecule has 0 heterocycles. The van der Waals surface area contributed by atoms with Crippen LogP contribution in [0.1, 0.15) is 11.1 Å². The van der Waals surface area contributed by atoms with E-state index in [1.54, 1.807) is 0 Å². The molecule has 1 aromatic rings. The average molecular weight is 305 g/mol. The van der Waals surface area contributed by atoms with Gasteiger partial charge in [-0.15, -0.1) is 0 Å². The predicted octanol–water partition coefficient (Wildman–Crippen LogP) is 2.95. The van der Waals surface area contributed by atoms with Crippen molar-refractivity contribution >= 4 is 5.69 Å². The molecule has 1 aromatic carbocycles. The van der Waals surface area contributed by atoms with Gasteiger partial charge < -0.3 is 5.32 Å². The SMILES string of the molecule is N#CC(C#N)=C(C#N)Nc1c(C(F)(F)F)ccc(F)c1C#N. The third kappa shape index (κ3) is 3.12. The minimum atomic E-state index is -4.94. The molecule has 0 fully saturated rings. The maximum absolute atomic E-state index is 13.5. The number of benzene rings is 1. The van der Waals surface area contributed by atoms with Gasteiger partial charge in [0.15, 0.2) is 5.57 Å². The van der Waals surface area contributed by atoms with Crippen LogP contribution in [-0.2, 0) is 6.18 Å². The molecule has 0 aliphatic heterocycles. The Morgan fingerprint density at radius 1 is 1.00 bits per heavy atom. The summed E-state index contributed by atoms with van der Waals surface area (Å²) in [5.41, 5.74) is -5.05. The van der Waals surface area contributed by atoms with E-state index in [-0.39, 0.29) is 0 Å². The Bertz CT molecular complexity index is 794. The number of allylic oxidation sites excluding steroid dienone is 2. The molecule has 0 aliphatic carbocycles. The maximum atomic E-state index is 13.5. The number of hydrogen-bond donors (Lipinski definition) is 1. The maximum Gasteiger partial charge on any atom is 0.418 e. The zero-order chi connectivity index (χ0) is 16.9. The largest absolute Gasteiger partial charge is 0.418 e. The topological polar surface area (TPSA) is 107 Å². The number of alkyl halides is 3. The monoisotopic (exact) mass is 305 g/mol. The van der Waals surface area contributed by atoms with Crippen LogP contribution in [0.4, 0.5) is 23.2 Å². The van der Waals surface area contributed by atoms with Gasteiger partial charge in [0, 0.05) is 0 Å².